The maximum Gasteiger partial charge on any atom is 0.309 e. The largest absolute Gasteiger partial charge is 0.497 e. The van der Waals surface area contributed by atoms with E-state index in [1.807, 2.05) is 0 Å². The Morgan fingerprint density at radius 3 is 2.25 bits per heavy atom. The van der Waals surface area contributed by atoms with Crippen LogP contribution in [0.2, 0.25) is 0 Å². The fourth-order valence-electron chi connectivity index (χ4n) is 6.50. The molecule has 3 aliphatic carbocycles. The van der Waals surface area contributed by atoms with Crippen molar-refractivity contribution in [2.75, 3.05) is 13.7 Å². The van der Waals surface area contributed by atoms with Crippen LogP contribution in [-0.4, -0.2) is 48.2 Å². The number of likely N-dealkylation sites (tertiary alicyclic amines) is 1. The van der Waals surface area contributed by atoms with Gasteiger partial charge in [0.25, 0.3) is 0 Å². The molecular weight excluding hydrogens is 410 g/mol. The van der Waals surface area contributed by atoms with Gasteiger partial charge in [-0.15, -0.1) is 0 Å². The van der Waals surface area contributed by atoms with E-state index in [1.165, 1.54) is 7.11 Å². The van der Waals surface area contributed by atoms with Crippen LogP contribution in [0.3, 0.4) is 0 Å². The molecule has 0 spiro atoms. The van der Waals surface area contributed by atoms with Crippen LogP contribution < -0.4 is 4.74 Å². The second-order valence-corrected chi connectivity index (χ2v) is 9.70. The first-order valence-electron chi connectivity index (χ1n) is 11.7. The Morgan fingerprint density at radius 1 is 0.969 bits per heavy atom. The molecule has 5 rings (SSSR count). The molecule has 2 bridgehead atoms. The molecule has 1 heterocycles. The smallest absolute Gasteiger partial charge is 0.309 e. The van der Waals surface area contributed by atoms with E-state index >= 15 is 0 Å². The third-order valence-electron chi connectivity index (χ3n) is 8.09. The van der Waals surface area contributed by atoms with Gasteiger partial charge in [0.1, 0.15) is 5.75 Å². The Bertz CT molecular complexity index is 922. The summed E-state index contributed by atoms with van der Waals surface area (Å²) in [5.41, 5.74) is 0.437. The lowest BCUT2D eigenvalue weighted by molar-refractivity contribution is -0.149. The fraction of sp³-hybridized carbons (Fsp3) is 0.600. The minimum atomic E-state index is -0.381. The van der Waals surface area contributed by atoms with Crippen molar-refractivity contribution in [1.29, 1.82) is 0 Å². The van der Waals surface area contributed by atoms with Crippen LogP contribution in [0.1, 0.15) is 55.3 Å². The molecule has 4 fully saturated rings. The fourth-order valence-corrected chi connectivity index (χ4v) is 6.50. The number of imide groups is 1. The van der Waals surface area contributed by atoms with E-state index in [0.717, 1.165) is 19.3 Å². The first kappa shape index (κ1) is 21.2. The minimum Gasteiger partial charge on any atom is -0.497 e. The van der Waals surface area contributed by atoms with Crippen LogP contribution in [0.25, 0.3) is 0 Å². The molecule has 4 atom stereocenters. The van der Waals surface area contributed by atoms with E-state index in [-0.39, 0.29) is 54.0 Å². The number of ether oxygens (including phenoxy) is 2. The highest BCUT2D eigenvalue weighted by Crippen LogP contribution is 2.56. The third kappa shape index (κ3) is 3.51. The number of Topliss-reactive ketones (excluding diaryl/α,β-unsaturated/α-hetero) is 1. The predicted octanol–water partition coefficient (Wildman–Crippen LogP) is 3.01. The number of hydrogen-bond donors (Lipinski definition) is 0. The Kier molecular flexibility index (Phi) is 5.51. The Balaban J connectivity index is 1.13. The van der Waals surface area contributed by atoms with E-state index < -0.39 is 0 Å². The summed E-state index contributed by atoms with van der Waals surface area (Å²) in [4.78, 5) is 52.5. The zero-order valence-corrected chi connectivity index (χ0v) is 18.3. The normalized spacial score (nSPS) is 33.3. The number of amides is 2. The average molecular weight is 440 g/mol. The average Bonchev–Trinajstić information content (AvgIpc) is 3.51. The first-order chi connectivity index (χ1) is 15.5. The van der Waals surface area contributed by atoms with Crippen molar-refractivity contribution in [2.45, 2.75) is 51.0 Å². The van der Waals surface area contributed by atoms with Crippen LogP contribution >= 0.6 is 0 Å². The molecule has 32 heavy (non-hydrogen) atoms. The molecule has 1 aromatic carbocycles. The topological polar surface area (TPSA) is 90.0 Å². The summed E-state index contributed by atoms with van der Waals surface area (Å²) < 4.78 is 10.4. The Morgan fingerprint density at radius 2 is 1.62 bits per heavy atom. The number of carbonyl (C=O) groups excluding carboxylic acids is 4. The SMILES string of the molecule is COc1cccc(C(=O)COC(=O)C2CCC(N3C(=O)[C@H]4[C@@H]5CC[C@@H](C5)[C@@H]4C3=O)CC2)c1. The lowest BCUT2D eigenvalue weighted by atomic mass is 9.81. The van der Waals surface area contributed by atoms with Crippen molar-refractivity contribution < 1.29 is 28.7 Å². The van der Waals surface area contributed by atoms with E-state index in [9.17, 15) is 19.2 Å². The summed E-state index contributed by atoms with van der Waals surface area (Å²) >= 11 is 0. The van der Waals surface area contributed by atoms with Gasteiger partial charge in [-0.1, -0.05) is 12.1 Å². The van der Waals surface area contributed by atoms with Crippen molar-refractivity contribution in [3.8, 4) is 5.75 Å². The van der Waals surface area contributed by atoms with E-state index in [0.29, 0.717) is 48.8 Å². The highest BCUT2D eigenvalue weighted by atomic mass is 16.5. The molecule has 0 N–H and O–H groups in total. The molecule has 0 aromatic heterocycles. The van der Waals surface area contributed by atoms with Gasteiger partial charge in [-0.05, 0) is 68.9 Å². The summed E-state index contributed by atoms with van der Waals surface area (Å²) in [6.07, 6.45) is 5.56. The van der Waals surface area contributed by atoms with Crippen molar-refractivity contribution in [3.63, 3.8) is 0 Å². The van der Waals surface area contributed by atoms with Gasteiger partial charge in [-0.2, -0.15) is 0 Å². The molecule has 3 saturated carbocycles. The summed E-state index contributed by atoms with van der Waals surface area (Å²) in [5, 5.41) is 0. The van der Waals surface area contributed by atoms with E-state index in [2.05, 4.69) is 0 Å². The summed E-state index contributed by atoms with van der Waals surface area (Å²) in [5.74, 6) is 0.271. The van der Waals surface area contributed by atoms with Crippen molar-refractivity contribution in [3.05, 3.63) is 29.8 Å². The van der Waals surface area contributed by atoms with Crippen LogP contribution in [0.15, 0.2) is 24.3 Å². The lowest BCUT2D eigenvalue weighted by Crippen LogP contribution is -2.44. The third-order valence-corrected chi connectivity index (χ3v) is 8.09. The van der Waals surface area contributed by atoms with Gasteiger partial charge in [0.15, 0.2) is 12.4 Å². The molecule has 1 aliphatic heterocycles. The maximum absolute atomic E-state index is 13.0. The molecule has 7 heteroatoms. The quantitative estimate of drug-likeness (QED) is 0.385. The van der Waals surface area contributed by atoms with Gasteiger partial charge in [-0.25, -0.2) is 0 Å². The first-order valence-corrected chi connectivity index (χ1v) is 11.7. The standard InChI is InChI=1S/C25H29NO6/c1-31-19-4-2-3-15(12-19)20(27)13-32-25(30)14-7-9-18(10-8-14)26-23(28)21-16-5-6-17(11-16)22(21)24(26)29/h2-4,12,14,16-18,21-22H,5-11,13H2,1H3/t14?,16-,17+,18?,21-,22-/m0/s1. The number of fused-ring (bicyclic) bond motifs is 5. The number of esters is 1. The van der Waals surface area contributed by atoms with E-state index in [1.54, 1.807) is 29.2 Å². The molecule has 170 valence electrons. The Labute approximate surface area is 187 Å². The van der Waals surface area contributed by atoms with Crippen LogP contribution in [-0.2, 0) is 19.1 Å². The second-order valence-electron chi connectivity index (χ2n) is 9.70. The molecule has 2 amide bonds. The van der Waals surface area contributed by atoms with Gasteiger partial charge < -0.3 is 9.47 Å². The predicted molar refractivity (Wildman–Crippen MR) is 114 cm³/mol. The number of ketones is 1. The minimum absolute atomic E-state index is 0.0297. The number of hydrogen-bond acceptors (Lipinski definition) is 6. The molecule has 4 aliphatic rings. The van der Waals surface area contributed by atoms with Gasteiger partial charge >= 0.3 is 5.97 Å². The molecule has 1 saturated heterocycles. The number of rotatable bonds is 6. The van der Waals surface area contributed by atoms with Crippen LogP contribution in [0.4, 0.5) is 0 Å². The highest BCUT2D eigenvalue weighted by molar-refractivity contribution is 6.06. The number of methoxy groups -OCH3 is 1. The van der Waals surface area contributed by atoms with Crippen molar-refractivity contribution in [2.24, 2.45) is 29.6 Å². The van der Waals surface area contributed by atoms with Crippen LogP contribution in [0, 0.1) is 29.6 Å². The maximum atomic E-state index is 13.0. The van der Waals surface area contributed by atoms with Gasteiger partial charge in [0, 0.05) is 11.6 Å². The van der Waals surface area contributed by atoms with E-state index in [4.69, 9.17) is 9.47 Å². The van der Waals surface area contributed by atoms with Crippen molar-refractivity contribution >= 4 is 23.6 Å². The molecule has 7 nitrogen and oxygen atoms in total. The number of nitrogens with zero attached hydrogens (tertiary/aromatic N) is 1. The lowest BCUT2D eigenvalue weighted by Gasteiger charge is -2.33. The van der Waals surface area contributed by atoms with Gasteiger partial charge in [-0.3, -0.25) is 24.1 Å². The highest BCUT2D eigenvalue weighted by Gasteiger charge is 2.61. The molecule has 0 radical (unpaired) electrons. The van der Waals surface area contributed by atoms with Crippen LogP contribution in [0.5, 0.6) is 5.75 Å². The summed E-state index contributed by atoms with van der Waals surface area (Å²) in [7, 11) is 1.53. The second kappa shape index (κ2) is 8.34. The zero-order valence-electron chi connectivity index (χ0n) is 18.3. The molecule has 1 aromatic rings. The van der Waals surface area contributed by atoms with Gasteiger partial charge in [0.05, 0.1) is 24.9 Å². The molecular formula is C25H29NO6. The number of benzene rings is 1. The summed E-state index contributed by atoms with van der Waals surface area (Å²) in [6, 6.07) is 6.63. The Hall–Kier alpha value is -2.70. The molecule has 0 unspecified atom stereocenters. The summed E-state index contributed by atoms with van der Waals surface area (Å²) in [6.45, 7) is -0.304. The number of carbonyl (C=O) groups is 4. The zero-order chi connectivity index (χ0) is 22.4. The monoisotopic (exact) mass is 439 g/mol. The van der Waals surface area contributed by atoms with Gasteiger partial charge in [0.2, 0.25) is 11.8 Å². The van der Waals surface area contributed by atoms with Crippen molar-refractivity contribution in [1.82, 2.24) is 4.90 Å².